The Labute approximate surface area is 181 Å². The van der Waals surface area contributed by atoms with E-state index in [-0.39, 0.29) is 11.8 Å². The zero-order valence-electron chi connectivity index (χ0n) is 17.7. The number of carbonyl (C=O) groups excluding carboxylic acids is 1. The summed E-state index contributed by atoms with van der Waals surface area (Å²) in [4.78, 5) is 18.2. The van der Waals surface area contributed by atoms with Crippen molar-refractivity contribution in [1.29, 1.82) is 0 Å². The van der Waals surface area contributed by atoms with E-state index in [4.69, 9.17) is 9.47 Å². The van der Waals surface area contributed by atoms with E-state index in [0.29, 0.717) is 18.1 Å². The first-order chi connectivity index (χ1) is 15.1. The van der Waals surface area contributed by atoms with Crippen molar-refractivity contribution >= 4 is 17.3 Å². The molecule has 2 aromatic carbocycles. The van der Waals surface area contributed by atoms with Crippen molar-refractivity contribution in [3.63, 3.8) is 0 Å². The molecule has 1 aliphatic heterocycles. The number of nitrogens with zero attached hydrogens (tertiary/aromatic N) is 2. The van der Waals surface area contributed by atoms with Gasteiger partial charge >= 0.3 is 5.97 Å². The third kappa shape index (κ3) is 4.53. The van der Waals surface area contributed by atoms with Gasteiger partial charge < -0.3 is 14.4 Å². The lowest BCUT2D eigenvalue weighted by Crippen LogP contribution is -2.17. The number of esters is 1. The van der Waals surface area contributed by atoms with Gasteiger partial charge in [0.1, 0.15) is 11.6 Å². The number of benzene rings is 2. The molecule has 0 radical (unpaired) electrons. The average Bonchev–Trinajstić information content (AvgIpc) is 2.82. The van der Waals surface area contributed by atoms with E-state index in [2.05, 4.69) is 17.1 Å². The molecule has 6 heteroatoms. The number of aryl methyl sites for hydroxylation is 1. The van der Waals surface area contributed by atoms with Crippen molar-refractivity contribution in [3.05, 3.63) is 83.4 Å². The highest BCUT2D eigenvalue weighted by Crippen LogP contribution is 2.39. The minimum Gasteiger partial charge on any atom is -0.493 e. The van der Waals surface area contributed by atoms with Crippen LogP contribution < -0.4 is 9.64 Å². The molecule has 0 aliphatic carbocycles. The third-order valence-corrected chi connectivity index (χ3v) is 5.83. The number of rotatable bonds is 6. The summed E-state index contributed by atoms with van der Waals surface area (Å²) in [5.41, 5.74) is 4.52. The number of anilines is 2. The van der Waals surface area contributed by atoms with E-state index in [1.165, 1.54) is 24.8 Å². The van der Waals surface area contributed by atoms with Crippen LogP contribution >= 0.6 is 0 Å². The summed E-state index contributed by atoms with van der Waals surface area (Å²) in [6, 6.07) is 14.3. The molecule has 0 fully saturated rings. The Hall–Kier alpha value is -3.41. The molecule has 4 rings (SSSR count). The van der Waals surface area contributed by atoms with Gasteiger partial charge in [0.15, 0.2) is 0 Å². The minimum absolute atomic E-state index is 0.252. The highest BCUT2D eigenvalue weighted by Gasteiger charge is 2.23. The van der Waals surface area contributed by atoms with Crippen LogP contribution in [0.5, 0.6) is 5.75 Å². The van der Waals surface area contributed by atoms with E-state index < -0.39 is 0 Å². The van der Waals surface area contributed by atoms with Gasteiger partial charge in [-0.05, 0) is 72.7 Å². The molecular formula is C25H25FN2O3. The van der Waals surface area contributed by atoms with Gasteiger partial charge in [-0.15, -0.1) is 0 Å². The first kappa shape index (κ1) is 20.8. The molecule has 160 valence electrons. The Morgan fingerprint density at radius 1 is 1.19 bits per heavy atom. The molecule has 0 N–H and O–H groups in total. The maximum absolute atomic E-state index is 13.2. The Bertz CT molecular complexity index is 1070. The summed E-state index contributed by atoms with van der Waals surface area (Å²) in [7, 11) is 3.34. The fourth-order valence-electron chi connectivity index (χ4n) is 4.04. The first-order valence-corrected chi connectivity index (χ1v) is 10.3. The summed E-state index contributed by atoms with van der Waals surface area (Å²) >= 11 is 0. The van der Waals surface area contributed by atoms with Gasteiger partial charge in [-0.25, -0.2) is 9.18 Å². The molecule has 1 aliphatic rings. The number of aromatic nitrogens is 1. The van der Waals surface area contributed by atoms with Gasteiger partial charge in [0.2, 0.25) is 0 Å². The number of ether oxygens (including phenoxy) is 2. The number of halogens is 1. The Kier molecular flexibility index (Phi) is 6.16. The van der Waals surface area contributed by atoms with E-state index in [1.54, 1.807) is 30.6 Å². The highest BCUT2D eigenvalue weighted by atomic mass is 19.1. The van der Waals surface area contributed by atoms with Crippen molar-refractivity contribution in [2.45, 2.75) is 25.2 Å². The Morgan fingerprint density at radius 3 is 2.74 bits per heavy atom. The molecule has 0 amide bonds. The van der Waals surface area contributed by atoms with Crippen LogP contribution in [-0.4, -0.2) is 31.7 Å². The smallest absolute Gasteiger partial charge is 0.338 e. The molecule has 3 aromatic rings. The molecule has 0 unspecified atom stereocenters. The SMILES string of the molecule is COC(=O)c1ccncc1CC[C@@H]1CCOc2cc(N(C)c3ccc(F)cc3)ccc21. The van der Waals surface area contributed by atoms with Gasteiger partial charge in [-0.3, -0.25) is 4.98 Å². The van der Waals surface area contributed by atoms with Crippen LogP contribution in [0.4, 0.5) is 15.8 Å². The summed E-state index contributed by atoms with van der Waals surface area (Å²) in [5.74, 6) is 0.623. The fourth-order valence-corrected chi connectivity index (χ4v) is 4.04. The van der Waals surface area contributed by atoms with Crippen LogP contribution in [0.3, 0.4) is 0 Å². The molecule has 5 nitrogen and oxygen atoms in total. The van der Waals surface area contributed by atoms with Crippen LogP contribution in [0.15, 0.2) is 60.9 Å². The van der Waals surface area contributed by atoms with Crippen molar-refractivity contribution < 1.29 is 18.7 Å². The standard InChI is InChI=1S/C25H25FN2O3/c1-28(20-7-5-19(26)6-8-20)21-9-10-22-17(12-14-31-24(22)15-21)3-4-18-16-27-13-11-23(18)25(29)30-2/h5-11,13,15-17H,3-4,12,14H2,1-2H3/t17-/m1/s1. The summed E-state index contributed by atoms with van der Waals surface area (Å²) in [6.07, 6.45) is 5.90. The zero-order valence-corrected chi connectivity index (χ0v) is 17.7. The van der Waals surface area contributed by atoms with E-state index in [1.807, 2.05) is 18.0 Å². The van der Waals surface area contributed by atoms with E-state index >= 15 is 0 Å². The summed E-state index contributed by atoms with van der Waals surface area (Å²) < 4.78 is 24.1. The van der Waals surface area contributed by atoms with Crippen molar-refractivity contribution in [2.24, 2.45) is 0 Å². The number of methoxy groups -OCH3 is 1. The fraction of sp³-hybridized carbons (Fsp3) is 0.280. The zero-order chi connectivity index (χ0) is 21.8. The van der Waals surface area contributed by atoms with Crippen molar-refractivity contribution in [1.82, 2.24) is 4.98 Å². The number of fused-ring (bicyclic) bond motifs is 1. The molecule has 2 heterocycles. The Morgan fingerprint density at radius 2 is 1.97 bits per heavy atom. The lowest BCUT2D eigenvalue weighted by Gasteiger charge is -2.28. The molecular weight excluding hydrogens is 395 g/mol. The van der Waals surface area contributed by atoms with Gasteiger partial charge in [-0.1, -0.05) is 6.07 Å². The quantitative estimate of drug-likeness (QED) is 0.508. The van der Waals surface area contributed by atoms with Crippen molar-refractivity contribution in [2.75, 3.05) is 25.7 Å². The van der Waals surface area contributed by atoms with Crippen LogP contribution in [0.2, 0.25) is 0 Å². The Balaban J connectivity index is 1.51. The lowest BCUT2D eigenvalue weighted by atomic mass is 9.87. The number of pyridine rings is 1. The molecule has 31 heavy (non-hydrogen) atoms. The molecule has 1 aromatic heterocycles. The largest absolute Gasteiger partial charge is 0.493 e. The summed E-state index contributed by atoms with van der Waals surface area (Å²) in [5, 5.41) is 0. The number of hydrogen-bond donors (Lipinski definition) is 0. The van der Waals surface area contributed by atoms with Gasteiger partial charge in [-0.2, -0.15) is 0 Å². The molecule has 0 bridgehead atoms. The molecule has 0 saturated carbocycles. The first-order valence-electron chi connectivity index (χ1n) is 10.3. The molecule has 0 spiro atoms. The van der Waals surface area contributed by atoms with Crippen LogP contribution in [-0.2, 0) is 11.2 Å². The molecule has 0 saturated heterocycles. The predicted octanol–water partition coefficient (Wildman–Crippen LogP) is 5.27. The second kappa shape index (κ2) is 9.16. The second-order valence-corrected chi connectivity index (χ2v) is 7.65. The van der Waals surface area contributed by atoms with E-state index in [0.717, 1.165) is 42.0 Å². The van der Waals surface area contributed by atoms with Crippen molar-refractivity contribution in [3.8, 4) is 5.75 Å². The van der Waals surface area contributed by atoms with Gasteiger partial charge in [0.05, 0.1) is 19.3 Å². The van der Waals surface area contributed by atoms with E-state index in [9.17, 15) is 9.18 Å². The average molecular weight is 420 g/mol. The third-order valence-electron chi connectivity index (χ3n) is 5.83. The van der Waals surface area contributed by atoms with Gasteiger partial charge in [0.25, 0.3) is 0 Å². The monoisotopic (exact) mass is 420 g/mol. The van der Waals surface area contributed by atoms with Crippen LogP contribution in [0.1, 0.15) is 40.2 Å². The van der Waals surface area contributed by atoms with Crippen LogP contribution in [0, 0.1) is 5.82 Å². The lowest BCUT2D eigenvalue weighted by molar-refractivity contribution is 0.0599. The van der Waals surface area contributed by atoms with Gasteiger partial charge in [0, 0.05) is 36.9 Å². The number of hydrogen-bond acceptors (Lipinski definition) is 5. The highest BCUT2D eigenvalue weighted by molar-refractivity contribution is 5.90. The maximum atomic E-state index is 13.2. The molecule has 1 atom stereocenters. The second-order valence-electron chi connectivity index (χ2n) is 7.65. The predicted molar refractivity (Wildman–Crippen MR) is 118 cm³/mol. The number of carbonyl (C=O) groups is 1. The topological polar surface area (TPSA) is 51.7 Å². The summed E-state index contributed by atoms with van der Waals surface area (Å²) in [6.45, 7) is 0.651. The maximum Gasteiger partial charge on any atom is 0.338 e. The minimum atomic E-state index is -0.335. The van der Waals surface area contributed by atoms with Crippen LogP contribution in [0.25, 0.3) is 0 Å². The normalized spacial score (nSPS) is 15.0.